The van der Waals surface area contributed by atoms with Crippen LogP contribution in [-0.2, 0) is 11.2 Å². The quantitative estimate of drug-likeness (QED) is 0.775. The Hall–Kier alpha value is -2.60. The van der Waals surface area contributed by atoms with Crippen LogP contribution in [0, 0.1) is 0 Å². The van der Waals surface area contributed by atoms with E-state index in [2.05, 4.69) is 20.5 Å². The molecule has 0 saturated carbocycles. The van der Waals surface area contributed by atoms with E-state index in [1.165, 1.54) is 0 Å². The van der Waals surface area contributed by atoms with Gasteiger partial charge in [-0.2, -0.15) is 5.10 Å². The lowest BCUT2D eigenvalue weighted by Gasteiger charge is -2.09. The summed E-state index contributed by atoms with van der Waals surface area (Å²) in [4.78, 5) is 16.3. The molecule has 0 unspecified atom stereocenters. The molecule has 2 heterocycles. The van der Waals surface area contributed by atoms with Gasteiger partial charge in [0.15, 0.2) is 0 Å². The highest BCUT2D eigenvalue weighted by Crippen LogP contribution is 2.30. The number of fused-ring (bicyclic) bond motifs is 1. The number of nitrogens with one attached hydrogen (secondary N) is 2. The third-order valence-corrected chi connectivity index (χ3v) is 3.64. The van der Waals surface area contributed by atoms with Crippen molar-refractivity contribution in [2.45, 2.75) is 6.42 Å². The Morgan fingerprint density at radius 3 is 3.09 bits per heavy atom. The predicted octanol–water partition coefficient (Wildman–Crippen LogP) is 2.80. The maximum absolute atomic E-state index is 12.2. The molecule has 3 aromatic rings. The van der Waals surface area contributed by atoms with E-state index < -0.39 is 0 Å². The minimum Gasteiger partial charge on any atom is -0.495 e. The molecule has 2 N–H and O–H groups in total. The number of nitrogens with zero attached hydrogens (tertiary/aromatic N) is 2. The lowest BCUT2D eigenvalue weighted by atomic mass is 10.2. The van der Waals surface area contributed by atoms with Crippen molar-refractivity contribution < 1.29 is 9.53 Å². The molecule has 0 atom stereocenters. The number of H-pyrrole nitrogens is 1. The maximum Gasteiger partial charge on any atom is 0.230 e. The second-order valence-electron chi connectivity index (χ2n) is 4.64. The van der Waals surface area contributed by atoms with Crippen LogP contribution in [0.1, 0.15) is 5.69 Å². The molecule has 1 amide bonds. The molecule has 0 aliphatic rings. The van der Waals surface area contributed by atoms with Crippen molar-refractivity contribution >= 4 is 34.1 Å². The first-order valence-electron chi connectivity index (χ1n) is 6.58. The van der Waals surface area contributed by atoms with Gasteiger partial charge in [0.05, 0.1) is 41.6 Å². The number of aromatic nitrogens is 3. The largest absolute Gasteiger partial charge is 0.495 e. The highest BCUT2D eigenvalue weighted by molar-refractivity contribution is 6.38. The molecule has 0 bridgehead atoms. The van der Waals surface area contributed by atoms with Gasteiger partial charge in [0.25, 0.3) is 0 Å². The Morgan fingerprint density at radius 1 is 1.41 bits per heavy atom. The Kier molecular flexibility index (Phi) is 3.93. The number of aromatic amines is 1. The highest BCUT2D eigenvalue weighted by Gasteiger charge is 2.13. The molecule has 0 aliphatic carbocycles. The summed E-state index contributed by atoms with van der Waals surface area (Å²) in [5, 5.41) is 10.7. The van der Waals surface area contributed by atoms with Gasteiger partial charge >= 0.3 is 0 Å². The molecule has 0 aliphatic heterocycles. The van der Waals surface area contributed by atoms with E-state index in [-0.39, 0.29) is 12.3 Å². The topological polar surface area (TPSA) is 79.9 Å². The van der Waals surface area contributed by atoms with E-state index in [0.29, 0.717) is 22.2 Å². The van der Waals surface area contributed by atoms with Crippen molar-refractivity contribution in [3.8, 4) is 5.75 Å². The Balaban J connectivity index is 1.79. The number of amides is 1. The first-order chi connectivity index (χ1) is 10.7. The van der Waals surface area contributed by atoms with Crippen molar-refractivity contribution in [1.82, 2.24) is 15.2 Å². The zero-order valence-corrected chi connectivity index (χ0v) is 12.5. The number of anilines is 1. The van der Waals surface area contributed by atoms with Crippen molar-refractivity contribution in [2.24, 2.45) is 0 Å². The predicted molar refractivity (Wildman–Crippen MR) is 84.2 cm³/mol. The number of halogens is 1. The molecular weight excluding hydrogens is 304 g/mol. The molecule has 112 valence electrons. The van der Waals surface area contributed by atoms with Crippen molar-refractivity contribution in [2.75, 3.05) is 12.4 Å². The van der Waals surface area contributed by atoms with Gasteiger partial charge in [-0.25, -0.2) is 0 Å². The normalized spacial score (nSPS) is 10.6. The molecule has 0 fully saturated rings. The van der Waals surface area contributed by atoms with E-state index in [1.54, 1.807) is 37.7 Å². The summed E-state index contributed by atoms with van der Waals surface area (Å²) in [6, 6.07) is 7.06. The number of carbonyl (C=O) groups is 1. The fraction of sp³-hybridized carbons (Fsp3) is 0.133. The number of carbonyl (C=O) groups excluding carboxylic acids is 1. The van der Waals surface area contributed by atoms with E-state index in [1.807, 2.05) is 6.07 Å². The average molecular weight is 317 g/mol. The van der Waals surface area contributed by atoms with Crippen LogP contribution in [0.3, 0.4) is 0 Å². The molecule has 3 rings (SSSR count). The number of ether oxygens (including phenoxy) is 1. The molecule has 0 spiro atoms. The van der Waals surface area contributed by atoms with E-state index in [4.69, 9.17) is 16.3 Å². The number of methoxy groups -OCH3 is 1. The first-order valence-corrected chi connectivity index (χ1v) is 6.96. The van der Waals surface area contributed by atoms with Crippen LogP contribution in [0.15, 0.2) is 36.7 Å². The summed E-state index contributed by atoms with van der Waals surface area (Å²) in [6.07, 6.45) is 3.34. The summed E-state index contributed by atoms with van der Waals surface area (Å²) < 4.78 is 5.19. The molecule has 0 radical (unpaired) electrons. The van der Waals surface area contributed by atoms with Gasteiger partial charge in [-0.3, -0.25) is 14.9 Å². The van der Waals surface area contributed by atoms with Gasteiger partial charge in [-0.1, -0.05) is 11.6 Å². The first kappa shape index (κ1) is 14.3. The van der Waals surface area contributed by atoms with Crippen molar-refractivity contribution in [3.63, 3.8) is 0 Å². The molecule has 1 aromatic carbocycles. The molecule has 7 heteroatoms. The maximum atomic E-state index is 12.2. The smallest absolute Gasteiger partial charge is 0.230 e. The van der Waals surface area contributed by atoms with Gasteiger partial charge in [-0.15, -0.1) is 0 Å². The zero-order chi connectivity index (χ0) is 15.5. The van der Waals surface area contributed by atoms with Crippen molar-refractivity contribution in [3.05, 3.63) is 47.4 Å². The summed E-state index contributed by atoms with van der Waals surface area (Å²) in [5.74, 6) is 0.357. The summed E-state index contributed by atoms with van der Waals surface area (Å²) in [5.41, 5.74) is 1.92. The van der Waals surface area contributed by atoms with Crippen LogP contribution in [0.25, 0.3) is 10.9 Å². The SMILES string of the molecule is COc1cccnc1CC(=O)Nc1ccc2[nH]ncc2c1Cl. The monoisotopic (exact) mass is 316 g/mol. The third kappa shape index (κ3) is 2.73. The molecule has 2 aromatic heterocycles. The van der Waals surface area contributed by atoms with Gasteiger partial charge in [-0.05, 0) is 24.3 Å². The van der Waals surface area contributed by atoms with Gasteiger partial charge in [0.1, 0.15) is 5.75 Å². The van der Waals surface area contributed by atoms with Crippen LogP contribution in [0.2, 0.25) is 5.02 Å². The standard InChI is InChI=1S/C15H13ClN4O2/c1-22-13-3-2-6-17-12(13)7-14(21)19-11-5-4-10-9(15(11)16)8-18-20-10/h2-6,8H,7H2,1H3,(H,18,20)(H,19,21). The summed E-state index contributed by atoms with van der Waals surface area (Å²) in [6.45, 7) is 0. The van der Waals surface area contributed by atoms with Crippen LogP contribution >= 0.6 is 11.6 Å². The second kappa shape index (κ2) is 6.03. The molecular formula is C15H13ClN4O2. The summed E-state index contributed by atoms with van der Waals surface area (Å²) in [7, 11) is 1.54. The average Bonchev–Trinajstić information content (AvgIpc) is 3.00. The Morgan fingerprint density at radius 2 is 2.27 bits per heavy atom. The number of benzene rings is 1. The fourth-order valence-corrected chi connectivity index (χ4v) is 2.43. The highest BCUT2D eigenvalue weighted by atomic mass is 35.5. The number of hydrogen-bond acceptors (Lipinski definition) is 4. The second-order valence-corrected chi connectivity index (χ2v) is 5.01. The fourth-order valence-electron chi connectivity index (χ4n) is 2.17. The number of rotatable bonds is 4. The van der Waals surface area contributed by atoms with Crippen molar-refractivity contribution in [1.29, 1.82) is 0 Å². The van der Waals surface area contributed by atoms with E-state index in [9.17, 15) is 4.79 Å². The van der Waals surface area contributed by atoms with Crippen LogP contribution in [-0.4, -0.2) is 28.2 Å². The molecule has 22 heavy (non-hydrogen) atoms. The minimum atomic E-state index is -0.221. The minimum absolute atomic E-state index is 0.101. The molecule has 0 saturated heterocycles. The third-order valence-electron chi connectivity index (χ3n) is 3.23. The Bertz CT molecular complexity index is 831. The van der Waals surface area contributed by atoms with E-state index in [0.717, 1.165) is 10.9 Å². The Labute approximate surface area is 131 Å². The van der Waals surface area contributed by atoms with E-state index >= 15 is 0 Å². The van der Waals surface area contributed by atoms with Crippen LogP contribution < -0.4 is 10.1 Å². The lowest BCUT2D eigenvalue weighted by Crippen LogP contribution is -2.16. The summed E-state index contributed by atoms with van der Waals surface area (Å²) >= 11 is 6.27. The molecule has 6 nitrogen and oxygen atoms in total. The van der Waals surface area contributed by atoms with Crippen LogP contribution in [0.4, 0.5) is 5.69 Å². The van der Waals surface area contributed by atoms with Gasteiger partial charge < -0.3 is 10.1 Å². The van der Waals surface area contributed by atoms with Gasteiger partial charge in [0.2, 0.25) is 5.91 Å². The van der Waals surface area contributed by atoms with Gasteiger partial charge in [0, 0.05) is 11.6 Å². The lowest BCUT2D eigenvalue weighted by molar-refractivity contribution is -0.115. The number of hydrogen-bond donors (Lipinski definition) is 2. The zero-order valence-electron chi connectivity index (χ0n) is 11.8. The van der Waals surface area contributed by atoms with Crippen LogP contribution in [0.5, 0.6) is 5.75 Å². The number of pyridine rings is 1.